The molecule has 0 aliphatic heterocycles. The summed E-state index contributed by atoms with van der Waals surface area (Å²) in [6.07, 6.45) is 2.24. The van der Waals surface area contributed by atoms with Gasteiger partial charge in [0.05, 0.1) is 7.11 Å². The van der Waals surface area contributed by atoms with Crippen molar-refractivity contribution in [3.8, 4) is 5.75 Å². The fourth-order valence-electron chi connectivity index (χ4n) is 2.23. The molecule has 0 amide bonds. The number of aromatic nitrogens is 3. The Hall–Kier alpha value is -1.88. The predicted octanol–water partition coefficient (Wildman–Crippen LogP) is 2.42. The van der Waals surface area contributed by atoms with E-state index in [2.05, 4.69) is 23.9 Å². The van der Waals surface area contributed by atoms with Crippen molar-refractivity contribution in [3.05, 3.63) is 41.5 Å². The summed E-state index contributed by atoms with van der Waals surface area (Å²) in [5.41, 5.74) is 8.44. The molecule has 0 fully saturated rings. The van der Waals surface area contributed by atoms with Gasteiger partial charge >= 0.3 is 0 Å². The zero-order valence-corrected chi connectivity index (χ0v) is 12.5. The standard InChI is InChI=1S/C15H22N4O/c1-10(2)19-15(17-9-18-19)8-13(16)12-6-5-11(3)14(7-12)20-4/h5-7,9-10,13H,8,16H2,1-4H3. The number of benzene rings is 1. The highest BCUT2D eigenvalue weighted by atomic mass is 16.5. The molecule has 5 heteroatoms. The van der Waals surface area contributed by atoms with Crippen molar-refractivity contribution < 1.29 is 4.74 Å². The van der Waals surface area contributed by atoms with E-state index < -0.39 is 0 Å². The van der Waals surface area contributed by atoms with Crippen LogP contribution in [0, 0.1) is 6.92 Å². The summed E-state index contributed by atoms with van der Waals surface area (Å²) in [6, 6.07) is 6.23. The molecule has 1 heterocycles. The Morgan fingerprint density at radius 3 is 2.75 bits per heavy atom. The molecule has 1 aromatic carbocycles. The van der Waals surface area contributed by atoms with Gasteiger partial charge < -0.3 is 10.5 Å². The van der Waals surface area contributed by atoms with E-state index in [4.69, 9.17) is 10.5 Å². The Morgan fingerprint density at radius 2 is 2.10 bits per heavy atom. The first-order chi connectivity index (χ1) is 9.52. The van der Waals surface area contributed by atoms with Crippen LogP contribution in [0.3, 0.4) is 0 Å². The van der Waals surface area contributed by atoms with E-state index in [0.717, 1.165) is 22.7 Å². The number of aryl methyl sites for hydroxylation is 1. The number of nitrogens with zero attached hydrogens (tertiary/aromatic N) is 3. The summed E-state index contributed by atoms with van der Waals surface area (Å²) in [6.45, 7) is 6.18. The van der Waals surface area contributed by atoms with Gasteiger partial charge in [-0.1, -0.05) is 12.1 Å². The molecule has 5 nitrogen and oxygen atoms in total. The van der Waals surface area contributed by atoms with Crippen molar-refractivity contribution in [3.63, 3.8) is 0 Å². The Labute approximate surface area is 119 Å². The van der Waals surface area contributed by atoms with Gasteiger partial charge in [-0.15, -0.1) is 0 Å². The smallest absolute Gasteiger partial charge is 0.138 e. The van der Waals surface area contributed by atoms with Gasteiger partial charge in [0.2, 0.25) is 0 Å². The zero-order valence-electron chi connectivity index (χ0n) is 12.5. The van der Waals surface area contributed by atoms with Gasteiger partial charge in [-0.2, -0.15) is 5.10 Å². The normalized spacial score (nSPS) is 12.7. The third-order valence-electron chi connectivity index (χ3n) is 3.40. The summed E-state index contributed by atoms with van der Waals surface area (Å²) in [5, 5.41) is 4.24. The van der Waals surface area contributed by atoms with Gasteiger partial charge in [0.25, 0.3) is 0 Å². The lowest BCUT2D eigenvalue weighted by Crippen LogP contribution is -2.18. The molecule has 20 heavy (non-hydrogen) atoms. The molecule has 2 N–H and O–H groups in total. The van der Waals surface area contributed by atoms with Gasteiger partial charge in [-0.05, 0) is 38.0 Å². The SMILES string of the molecule is COc1cc(C(N)Cc2ncnn2C(C)C)ccc1C. The van der Waals surface area contributed by atoms with Crippen LogP contribution in [0.2, 0.25) is 0 Å². The summed E-state index contributed by atoms with van der Waals surface area (Å²) in [7, 11) is 1.67. The van der Waals surface area contributed by atoms with E-state index in [1.807, 2.05) is 29.8 Å². The van der Waals surface area contributed by atoms with E-state index in [1.165, 1.54) is 0 Å². The van der Waals surface area contributed by atoms with Crippen molar-refractivity contribution >= 4 is 0 Å². The fourth-order valence-corrected chi connectivity index (χ4v) is 2.23. The summed E-state index contributed by atoms with van der Waals surface area (Å²) in [5.74, 6) is 1.77. The van der Waals surface area contributed by atoms with E-state index >= 15 is 0 Å². The molecule has 1 aromatic heterocycles. The Kier molecular flexibility index (Phi) is 4.39. The summed E-state index contributed by atoms with van der Waals surface area (Å²) >= 11 is 0. The molecule has 0 aliphatic rings. The molecule has 0 bridgehead atoms. The van der Waals surface area contributed by atoms with Crippen LogP contribution in [0.25, 0.3) is 0 Å². The lowest BCUT2D eigenvalue weighted by Gasteiger charge is -2.15. The zero-order chi connectivity index (χ0) is 14.7. The van der Waals surface area contributed by atoms with Crippen LogP contribution in [-0.2, 0) is 6.42 Å². The number of rotatable bonds is 5. The van der Waals surface area contributed by atoms with Crippen LogP contribution < -0.4 is 10.5 Å². The lowest BCUT2D eigenvalue weighted by molar-refractivity contribution is 0.410. The largest absolute Gasteiger partial charge is 0.496 e. The predicted molar refractivity (Wildman–Crippen MR) is 78.8 cm³/mol. The minimum absolute atomic E-state index is 0.119. The number of hydrogen-bond acceptors (Lipinski definition) is 4. The number of nitrogens with two attached hydrogens (primary N) is 1. The van der Waals surface area contributed by atoms with Crippen LogP contribution in [0.15, 0.2) is 24.5 Å². The molecule has 1 atom stereocenters. The third kappa shape index (κ3) is 2.99. The maximum absolute atomic E-state index is 6.29. The molecule has 0 radical (unpaired) electrons. The van der Waals surface area contributed by atoms with Gasteiger partial charge in [0, 0.05) is 18.5 Å². The quantitative estimate of drug-likeness (QED) is 0.909. The number of ether oxygens (including phenoxy) is 1. The third-order valence-corrected chi connectivity index (χ3v) is 3.40. The molecule has 2 rings (SSSR count). The van der Waals surface area contributed by atoms with E-state index in [9.17, 15) is 0 Å². The molecule has 0 spiro atoms. The number of methoxy groups -OCH3 is 1. The highest BCUT2D eigenvalue weighted by Crippen LogP contribution is 2.24. The Balaban J connectivity index is 2.19. The molecule has 0 saturated heterocycles. The second kappa shape index (κ2) is 6.05. The fraction of sp³-hybridized carbons (Fsp3) is 0.467. The summed E-state index contributed by atoms with van der Waals surface area (Å²) in [4.78, 5) is 4.30. The lowest BCUT2D eigenvalue weighted by atomic mass is 10.0. The first-order valence-corrected chi connectivity index (χ1v) is 6.81. The van der Waals surface area contributed by atoms with Crippen LogP contribution in [-0.4, -0.2) is 21.9 Å². The van der Waals surface area contributed by atoms with Crippen molar-refractivity contribution in [2.24, 2.45) is 5.73 Å². The average molecular weight is 274 g/mol. The minimum Gasteiger partial charge on any atom is -0.496 e. The maximum Gasteiger partial charge on any atom is 0.138 e. The highest BCUT2D eigenvalue weighted by Gasteiger charge is 2.14. The van der Waals surface area contributed by atoms with Crippen LogP contribution >= 0.6 is 0 Å². The van der Waals surface area contributed by atoms with Crippen LogP contribution in [0.5, 0.6) is 5.75 Å². The monoisotopic (exact) mass is 274 g/mol. The topological polar surface area (TPSA) is 66.0 Å². The van der Waals surface area contributed by atoms with Gasteiger partial charge in [-0.25, -0.2) is 9.67 Å². The second-order valence-electron chi connectivity index (χ2n) is 5.25. The molecular formula is C15H22N4O. The van der Waals surface area contributed by atoms with Gasteiger partial charge in [0.15, 0.2) is 0 Å². The van der Waals surface area contributed by atoms with E-state index in [0.29, 0.717) is 6.42 Å². The average Bonchev–Trinajstić information content (AvgIpc) is 2.87. The Morgan fingerprint density at radius 1 is 1.35 bits per heavy atom. The van der Waals surface area contributed by atoms with E-state index in [1.54, 1.807) is 13.4 Å². The van der Waals surface area contributed by atoms with E-state index in [-0.39, 0.29) is 12.1 Å². The molecule has 2 aromatic rings. The molecule has 0 aliphatic carbocycles. The Bertz CT molecular complexity index is 577. The molecular weight excluding hydrogens is 252 g/mol. The molecule has 1 unspecified atom stereocenters. The van der Waals surface area contributed by atoms with Crippen molar-refractivity contribution in [2.45, 2.75) is 39.3 Å². The number of hydrogen-bond donors (Lipinski definition) is 1. The van der Waals surface area contributed by atoms with Crippen LogP contribution in [0.4, 0.5) is 0 Å². The van der Waals surface area contributed by atoms with Gasteiger partial charge in [0.1, 0.15) is 17.9 Å². The summed E-state index contributed by atoms with van der Waals surface area (Å²) < 4.78 is 7.25. The first kappa shape index (κ1) is 14.5. The molecule has 0 saturated carbocycles. The first-order valence-electron chi connectivity index (χ1n) is 6.81. The minimum atomic E-state index is -0.119. The molecule has 108 valence electrons. The van der Waals surface area contributed by atoms with Gasteiger partial charge in [-0.3, -0.25) is 0 Å². The van der Waals surface area contributed by atoms with Crippen molar-refractivity contribution in [1.29, 1.82) is 0 Å². The van der Waals surface area contributed by atoms with Crippen LogP contribution in [0.1, 0.15) is 42.9 Å². The second-order valence-corrected chi connectivity index (χ2v) is 5.25. The highest BCUT2D eigenvalue weighted by molar-refractivity contribution is 5.37. The van der Waals surface area contributed by atoms with Crippen molar-refractivity contribution in [1.82, 2.24) is 14.8 Å². The van der Waals surface area contributed by atoms with Crippen molar-refractivity contribution in [2.75, 3.05) is 7.11 Å². The maximum atomic E-state index is 6.29.